The number of halogens is 2. The van der Waals surface area contributed by atoms with Gasteiger partial charge in [0.05, 0.1) is 28.8 Å². The molecule has 1 aliphatic rings. The van der Waals surface area contributed by atoms with Gasteiger partial charge in [-0.25, -0.2) is 9.59 Å². The van der Waals surface area contributed by atoms with Crippen molar-refractivity contribution in [3.8, 4) is 0 Å². The number of nitrogens with one attached hydrogen (secondary N) is 1. The van der Waals surface area contributed by atoms with Crippen molar-refractivity contribution < 1.29 is 14.3 Å². The fourth-order valence-electron chi connectivity index (χ4n) is 3.93. The Morgan fingerprint density at radius 2 is 1.81 bits per heavy atom. The molecule has 1 heterocycles. The summed E-state index contributed by atoms with van der Waals surface area (Å²) in [4.78, 5) is 29.3. The summed E-state index contributed by atoms with van der Waals surface area (Å²) in [5.74, 6) is -0.381. The third-order valence-electron chi connectivity index (χ3n) is 5.91. The molecule has 0 bridgehead atoms. The van der Waals surface area contributed by atoms with Crippen LogP contribution in [0.2, 0.25) is 10.0 Å². The minimum atomic E-state index is -0.381. The number of hydrogen-bond acceptors (Lipinski definition) is 4. The maximum absolute atomic E-state index is 13.4. The molecule has 2 amide bonds. The Labute approximate surface area is 199 Å². The van der Waals surface area contributed by atoms with E-state index in [1.54, 1.807) is 18.2 Å². The normalized spacial score (nSPS) is 15.8. The molecule has 0 spiro atoms. The SMILES string of the molecule is COC(=O)c1ccc(CN(C(=O)NC(C)c2cccc(Cl)c2Cl)C2CCN(C)CC2)cc1. The maximum Gasteiger partial charge on any atom is 0.337 e. The van der Waals surface area contributed by atoms with Crippen LogP contribution in [0.15, 0.2) is 42.5 Å². The summed E-state index contributed by atoms with van der Waals surface area (Å²) in [6.07, 6.45) is 1.80. The summed E-state index contributed by atoms with van der Waals surface area (Å²) in [6, 6.07) is 12.2. The lowest BCUT2D eigenvalue weighted by Crippen LogP contribution is -2.50. The van der Waals surface area contributed by atoms with Crippen molar-refractivity contribution in [2.75, 3.05) is 27.2 Å². The number of hydrogen-bond donors (Lipinski definition) is 1. The molecule has 8 heteroatoms. The quantitative estimate of drug-likeness (QED) is 0.584. The number of rotatable bonds is 6. The number of urea groups is 1. The molecule has 0 radical (unpaired) electrons. The lowest BCUT2D eigenvalue weighted by Gasteiger charge is -2.38. The maximum atomic E-state index is 13.4. The lowest BCUT2D eigenvalue weighted by atomic mass is 10.0. The molecule has 1 N–H and O–H groups in total. The molecular formula is C24H29Cl2N3O3. The van der Waals surface area contributed by atoms with Crippen LogP contribution in [0.3, 0.4) is 0 Å². The molecule has 32 heavy (non-hydrogen) atoms. The van der Waals surface area contributed by atoms with Crippen molar-refractivity contribution in [2.45, 2.75) is 38.4 Å². The van der Waals surface area contributed by atoms with Crippen molar-refractivity contribution >= 4 is 35.2 Å². The van der Waals surface area contributed by atoms with Gasteiger partial charge in [-0.05, 0) is 69.2 Å². The average Bonchev–Trinajstić information content (AvgIpc) is 2.79. The second kappa shape index (κ2) is 11.0. The zero-order chi connectivity index (χ0) is 23.3. The number of esters is 1. The standard InChI is InChI=1S/C24H29Cl2N3O3/c1-16(20-5-4-6-21(25)22(20)26)27-24(31)29(19-11-13-28(2)14-12-19)15-17-7-9-18(10-8-17)23(30)32-3/h4-10,16,19H,11-15H2,1-3H3,(H,27,31). The van der Waals surface area contributed by atoms with E-state index in [-0.39, 0.29) is 24.1 Å². The third-order valence-corrected chi connectivity index (χ3v) is 6.74. The van der Waals surface area contributed by atoms with Gasteiger partial charge in [0, 0.05) is 12.6 Å². The number of benzene rings is 2. The highest BCUT2D eigenvalue weighted by atomic mass is 35.5. The van der Waals surface area contributed by atoms with E-state index in [0.717, 1.165) is 37.1 Å². The number of piperidine rings is 1. The van der Waals surface area contributed by atoms with Gasteiger partial charge in [-0.1, -0.05) is 47.5 Å². The first-order chi connectivity index (χ1) is 15.3. The Bertz CT molecular complexity index is 944. The summed E-state index contributed by atoms with van der Waals surface area (Å²) in [5.41, 5.74) is 2.20. The smallest absolute Gasteiger partial charge is 0.337 e. The van der Waals surface area contributed by atoms with Gasteiger partial charge < -0.3 is 19.9 Å². The van der Waals surface area contributed by atoms with Crippen LogP contribution in [0.25, 0.3) is 0 Å². The van der Waals surface area contributed by atoms with Crippen molar-refractivity contribution in [2.24, 2.45) is 0 Å². The molecule has 0 aromatic heterocycles. The fraction of sp³-hybridized carbons (Fsp3) is 0.417. The fourth-order valence-corrected chi connectivity index (χ4v) is 4.41. The van der Waals surface area contributed by atoms with Gasteiger partial charge in [0.1, 0.15) is 0 Å². The molecule has 2 aromatic carbocycles. The third kappa shape index (κ3) is 5.94. The highest BCUT2D eigenvalue weighted by Crippen LogP contribution is 2.30. The topological polar surface area (TPSA) is 61.9 Å². The largest absolute Gasteiger partial charge is 0.465 e. The molecule has 3 rings (SSSR count). The highest BCUT2D eigenvalue weighted by molar-refractivity contribution is 6.42. The van der Waals surface area contributed by atoms with Crippen LogP contribution < -0.4 is 5.32 Å². The Morgan fingerprint density at radius 3 is 2.44 bits per heavy atom. The molecule has 172 valence electrons. The molecule has 0 aliphatic carbocycles. The van der Waals surface area contributed by atoms with Crippen molar-refractivity contribution in [1.82, 2.24) is 15.1 Å². The van der Waals surface area contributed by atoms with E-state index >= 15 is 0 Å². The van der Waals surface area contributed by atoms with Gasteiger partial charge in [0.25, 0.3) is 0 Å². The van der Waals surface area contributed by atoms with Gasteiger partial charge in [-0.2, -0.15) is 0 Å². The van der Waals surface area contributed by atoms with E-state index < -0.39 is 0 Å². The summed E-state index contributed by atoms with van der Waals surface area (Å²) < 4.78 is 4.77. The van der Waals surface area contributed by atoms with E-state index in [2.05, 4.69) is 17.3 Å². The number of carbonyl (C=O) groups excluding carboxylic acids is 2. The Balaban J connectivity index is 1.78. The van der Waals surface area contributed by atoms with Crippen LogP contribution in [-0.4, -0.2) is 55.1 Å². The second-order valence-corrected chi connectivity index (χ2v) is 8.95. The molecule has 1 saturated heterocycles. The van der Waals surface area contributed by atoms with E-state index in [0.29, 0.717) is 22.2 Å². The Morgan fingerprint density at radius 1 is 1.16 bits per heavy atom. The molecule has 6 nitrogen and oxygen atoms in total. The first-order valence-corrected chi connectivity index (χ1v) is 11.4. The zero-order valence-corrected chi connectivity index (χ0v) is 20.1. The molecule has 0 saturated carbocycles. The van der Waals surface area contributed by atoms with Gasteiger partial charge in [-0.3, -0.25) is 0 Å². The van der Waals surface area contributed by atoms with Crippen molar-refractivity contribution in [1.29, 1.82) is 0 Å². The van der Waals surface area contributed by atoms with Crippen LogP contribution >= 0.6 is 23.2 Å². The first-order valence-electron chi connectivity index (χ1n) is 10.7. The monoisotopic (exact) mass is 477 g/mol. The van der Waals surface area contributed by atoms with Crippen molar-refractivity contribution in [3.63, 3.8) is 0 Å². The number of ether oxygens (including phenoxy) is 1. The highest BCUT2D eigenvalue weighted by Gasteiger charge is 2.28. The van der Waals surface area contributed by atoms with E-state index in [4.69, 9.17) is 27.9 Å². The predicted octanol–water partition coefficient (Wildman–Crippen LogP) is 5.15. The van der Waals surface area contributed by atoms with E-state index in [1.807, 2.05) is 36.1 Å². The molecular weight excluding hydrogens is 449 g/mol. The minimum Gasteiger partial charge on any atom is -0.465 e. The van der Waals surface area contributed by atoms with Crippen molar-refractivity contribution in [3.05, 3.63) is 69.2 Å². The van der Waals surface area contributed by atoms with E-state index in [1.165, 1.54) is 7.11 Å². The Kier molecular flexibility index (Phi) is 8.40. The van der Waals surface area contributed by atoms with Gasteiger partial charge >= 0.3 is 12.0 Å². The summed E-state index contributed by atoms with van der Waals surface area (Å²) in [5, 5.41) is 4.00. The van der Waals surface area contributed by atoms with Crippen LogP contribution in [0, 0.1) is 0 Å². The van der Waals surface area contributed by atoms with Crippen LogP contribution in [0.1, 0.15) is 47.3 Å². The summed E-state index contributed by atoms with van der Waals surface area (Å²) in [7, 11) is 3.45. The van der Waals surface area contributed by atoms with E-state index in [9.17, 15) is 9.59 Å². The average molecular weight is 478 g/mol. The molecule has 2 aromatic rings. The van der Waals surface area contributed by atoms with Gasteiger partial charge in [-0.15, -0.1) is 0 Å². The zero-order valence-electron chi connectivity index (χ0n) is 18.6. The lowest BCUT2D eigenvalue weighted by molar-refractivity contribution is 0.0600. The van der Waals surface area contributed by atoms with Crippen LogP contribution in [-0.2, 0) is 11.3 Å². The minimum absolute atomic E-state index is 0.119. The first kappa shape index (κ1) is 24.4. The summed E-state index contributed by atoms with van der Waals surface area (Å²) >= 11 is 12.5. The number of amides is 2. The molecule has 1 unspecified atom stereocenters. The molecule has 1 aliphatic heterocycles. The van der Waals surface area contributed by atoms with Crippen LogP contribution in [0.5, 0.6) is 0 Å². The van der Waals surface area contributed by atoms with Crippen LogP contribution in [0.4, 0.5) is 4.79 Å². The van der Waals surface area contributed by atoms with Gasteiger partial charge in [0.15, 0.2) is 0 Å². The second-order valence-electron chi connectivity index (χ2n) is 8.17. The number of nitrogens with zero attached hydrogens (tertiary/aromatic N) is 2. The predicted molar refractivity (Wildman–Crippen MR) is 127 cm³/mol. The molecule has 1 fully saturated rings. The van der Waals surface area contributed by atoms with Gasteiger partial charge in [0.2, 0.25) is 0 Å². The Hall–Kier alpha value is -2.28. The molecule has 1 atom stereocenters. The number of carbonyl (C=O) groups is 2. The number of likely N-dealkylation sites (tertiary alicyclic amines) is 1. The number of methoxy groups -OCH3 is 1. The summed E-state index contributed by atoms with van der Waals surface area (Å²) in [6.45, 7) is 4.21.